The summed E-state index contributed by atoms with van der Waals surface area (Å²) in [4.78, 5) is -0.0161. The van der Waals surface area contributed by atoms with E-state index in [0.717, 1.165) is 18.9 Å². The van der Waals surface area contributed by atoms with Crippen molar-refractivity contribution < 1.29 is 12.8 Å². The van der Waals surface area contributed by atoms with Gasteiger partial charge >= 0.3 is 0 Å². The summed E-state index contributed by atoms with van der Waals surface area (Å²) in [5.41, 5.74) is 0. The van der Waals surface area contributed by atoms with Crippen LogP contribution in [-0.2, 0) is 10.0 Å². The van der Waals surface area contributed by atoms with E-state index in [-0.39, 0.29) is 15.4 Å². The molecule has 1 aromatic carbocycles. The molecular weight excluding hydrogens is 321 g/mol. The monoisotopic (exact) mass is 337 g/mol. The molecule has 0 unspecified atom stereocenters. The van der Waals surface area contributed by atoms with E-state index in [1.54, 1.807) is 0 Å². The van der Waals surface area contributed by atoms with Crippen molar-refractivity contribution in [3.05, 3.63) is 28.5 Å². The molecule has 6 heteroatoms. The molecule has 0 fully saturated rings. The first-order valence-electron chi connectivity index (χ1n) is 5.77. The van der Waals surface area contributed by atoms with Crippen molar-refractivity contribution in [3.63, 3.8) is 0 Å². The van der Waals surface area contributed by atoms with Gasteiger partial charge in [-0.1, -0.05) is 13.8 Å². The highest BCUT2D eigenvalue weighted by molar-refractivity contribution is 9.10. The van der Waals surface area contributed by atoms with Gasteiger partial charge in [0.1, 0.15) is 5.82 Å². The van der Waals surface area contributed by atoms with Crippen LogP contribution in [0.2, 0.25) is 0 Å². The third-order valence-corrected chi connectivity index (χ3v) is 5.57. The summed E-state index contributed by atoms with van der Waals surface area (Å²) >= 11 is 3.01. The van der Waals surface area contributed by atoms with Gasteiger partial charge in [0.15, 0.2) is 0 Å². The summed E-state index contributed by atoms with van der Waals surface area (Å²) in [6.07, 6.45) is 1.45. The Morgan fingerprint density at radius 1 is 1.33 bits per heavy atom. The summed E-state index contributed by atoms with van der Waals surface area (Å²) in [7, 11) is -2.09. The van der Waals surface area contributed by atoms with Crippen molar-refractivity contribution in [3.8, 4) is 0 Å². The Bertz CT molecular complexity index is 515. The molecule has 0 amide bonds. The molecule has 0 aromatic heterocycles. The van der Waals surface area contributed by atoms with E-state index < -0.39 is 15.8 Å². The molecular formula is C12H17BrFNO2S. The smallest absolute Gasteiger partial charge is 0.207 e. The van der Waals surface area contributed by atoms with Gasteiger partial charge in [0.2, 0.25) is 10.0 Å². The Hall–Kier alpha value is -0.460. The van der Waals surface area contributed by atoms with Gasteiger partial charge < -0.3 is 0 Å². The fraction of sp³-hybridized carbons (Fsp3) is 0.500. The molecule has 18 heavy (non-hydrogen) atoms. The van der Waals surface area contributed by atoms with Crippen LogP contribution in [0.5, 0.6) is 0 Å². The maximum absolute atomic E-state index is 13.4. The van der Waals surface area contributed by atoms with Crippen LogP contribution >= 0.6 is 15.9 Å². The van der Waals surface area contributed by atoms with Gasteiger partial charge in [-0.15, -0.1) is 0 Å². The minimum Gasteiger partial charge on any atom is -0.207 e. The highest BCUT2D eigenvalue weighted by Gasteiger charge is 2.26. The van der Waals surface area contributed by atoms with E-state index in [1.807, 2.05) is 13.8 Å². The molecule has 1 aromatic rings. The minimum atomic E-state index is -3.63. The molecule has 102 valence electrons. The molecule has 0 spiro atoms. The molecule has 1 rings (SSSR count). The fourth-order valence-electron chi connectivity index (χ4n) is 1.80. The van der Waals surface area contributed by atoms with Crippen molar-refractivity contribution >= 4 is 26.0 Å². The number of hydrogen-bond donors (Lipinski definition) is 0. The van der Waals surface area contributed by atoms with Crippen LogP contribution in [0.1, 0.15) is 26.7 Å². The Morgan fingerprint density at radius 2 is 1.89 bits per heavy atom. The van der Waals surface area contributed by atoms with Crippen LogP contribution in [0, 0.1) is 5.82 Å². The molecule has 0 heterocycles. The van der Waals surface area contributed by atoms with Gasteiger partial charge in [0, 0.05) is 13.1 Å². The van der Waals surface area contributed by atoms with Crippen LogP contribution < -0.4 is 0 Å². The number of rotatable bonds is 5. The number of nitrogens with zero attached hydrogens (tertiary/aromatic N) is 1. The van der Waals surface area contributed by atoms with E-state index in [1.165, 1.54) is 23.5 Å². The molecule has 0 aliphatic rings. The molecule has 0 atom stereocenters. The average molecular weight is 338 g/mol. The average Bonchev–Trinajstić information content (AvgIpc) is 2.33. The van der Waals surface area contributed by atoms with Crippen molar-refractivity contribution in [1.82, 2.24) is 4.31 Å². The largest absolute Gasteiger partial charge is 0.243 e. The topological polar surface area (TPSA) is 37.4 Å². The van der Waals surface area contributed by atoms with Gasteiger partial charge in [0.25, 0.3) is 0 Å². The standard InChI is InChI=1S/C12H17BrFNO2S/c1-4-9(5-2)15(3)18(16,17)10-6-7-11(13)12(14)8-10/h6-9H,4-5H2,1-3H3. The lowest BCUT2D eigenvalue weighted by atomic mass is 10.2. The molecule has 0 aliphatic heterocycles. The fourth-order valence-corrected chi connectivity index (χ4v) is 3.56. The number of hydrogen-bond acceptors (Lipinski definition) is 2. The summed E-state index contributed by atoms with van der Waals surface area (Å²) in [5.74, 6) is -0.575. The second kappa shape index (κ2) is 6.12. The van der Waals surface area contributed by atoms with Gasteiger partial charge in [0.05, 0.1) is 9.37 Å². The summed E-state index contributed by atoms with van der Waals surface area (Å²) in [5, 5.41) is 0. The number of halogens is 2. The lowest BCUT2D eigenvalue weighted by Crippen LogP contribution is -2.36. The van der Waals surface area contributed by atoms with Crippen molar-refractivity contribution in [2.45, 2.75) is 37.6 Å². The predicted molar refractivity (Wildman–Crippen MR) is 73.4 cm³/mol. The lowest BCUT2D eigenvalue weighted by molar-refractivity contribution is 0.349. The van der Waals surface area contributed by atoms with Crippen LogP contribution in [0.15, 0.2) is 27.6 Å². The van der Waals surface area contributed by atoms with Crippen molar-refractivity contribution in [2.24, 2.45) is 0 Å². The van der Waals surface area contributed by atoms with Crippen LogP contribution in [-0.4, -0.2) is 25.8 Å². The van der Waals surface area contributed by atoms with Crippen LogP contribution in [0.4, 0.5) is 4.39 Å². The Balaban J connectivity index is 3.16. The first-order chi connectivity index (χ1) is 8.34. The number of benzene rings is 1. The number of sulfonamides is 1. The zero-order valence-corrected chi connectivity index (χ0v) is 13.1. The molecule has 0 saturated heterocycles. The normalized spacial score (nSPS) is 12.4. The maximum atomic E-state index is 13.4. The van der Waals surface area contributed by atoms with Gasteiger partial charge in [-0.05, 0) is 47.0 Å². The lowest BCUT2D eigenvalue weighted by Gasteiger charge is -2.25. The second-order valence-corrected chi connectivity index (χ2v) is 6.92. The molecule has 0 bridgehead atoms. The molecule has 0 radical (unpaired) electrons. The molecule has 0 aliphatic carbocycles. The van der Waals surface area contributed by atoms with Gasteiger partial charge in [-0.2, -0.15) is 4.31 Å². The van der Waals surface area contributed by atoms with Crippen molar-refractivity contribution in [1.29, 1.82) is 0 Å². The Morgan fingerprint density at radius 3 is 2.33 bits per heavy atom. The van der Waals surface area contributed by atoms with Gasteiger partial charge in [-0.3, -0.25) is 0 Å². The van der Waals surface area contributed by atoms with Crippen LogP contribution in [0.3, 0.4) is 0 Å². The third kappa shape index (κ3) is 3.10. The quantitative estimate of drug-likeness (QED) is 0.825. The minimum absolute atomic E-state index is 0.0161. The van der Waals surface area contributed by atoms with E-state index >= 15 is 0 Å². The van der Waals surface area contributed by atoms with E-state index in [0.29, 0.717) is 0 Å². The second-order valence-electron chi connectivity index (χ2n) is 4.07. The molecule has 0 saturated carbocycles. The van der Waals surface area contributed by atoms with Crippen LogP contribution in [0.25, 0.3) is 0 Å². The van der Waals surface area contributed by atoms with E-state index in [2.05, 4.69) is 15.9 Å². The highest BCUT2D eigenvalue weighted by atomic mass is 79.9. The Kier molecular flexibility index (Phi) is 5.31. The zero-order valence-electron chi connectivity index (χ0n) is 10.7. The van der Waals surface area contributed by atoms with E-state index in [9.17, 15) is 12.8 Å². The third-order valence-electron chi connectivity index (χ3n) is 3.02. The maximum Gasteiger partial charge on any atom is 0.243 e. The Labute approximate surface area is 116 Å². The van der Waals surface area contributed by atoms with Crippen molar-refractivity contribution in [2.75, 3.05) is 7.05 Å². The summed E-state index contributed by atoms with van der Waals surface area (Å²) < 4.78 is 39.6. The zero-order chi connectivity index (χ0) is 13.9. The van der Waals surface area contributed by atoms with Gasteiger partial charge in [-0.25, -0.2) is 12.8 Å². The molecule has 3 nitrogen and oxygen atoms in total. The first-order valence-corrected chi connectivity index (χ1v) is 8.01. The summed E-state index contributed by atoms with van der Waals surface area (Å²) in [6, 6.07) is 3.78. The highest BCUT2D eigenvalue weighted by Crippen LogP contribution is 2.23. The van der Waals surface area contributed by atoms with E-state index in [4.69, 9.17) is 0 Å². The SMILES string of the molecule is CCC(CC)N(C)S(=O)(=O)c1ccc(Br)c(F)c1. The first kappa shape index (κ1) is 15.6. The molecule has 0 N–H and O–H groups in total. The summed E-state index contributed by atoms with van der Waals surface area (Å²) in [6.45, 7) is 3.87. The predicted octanol–water partition coefficient (Wildman–Crippen LogP) is 3.40.